The van der Waals surface area contributed by atoms with Crippen molar-refractivity contribution in [2.24, 2.45) is 0 Å². The van der Waals surface area contributed by atoms with Gasteiger partial charge in [-0.1, -0.05) is 54.1 Å². The molecule has 4 rings (SSSR count). The number of aryl methyl sites for hydroxylation is 3. The summed E-state index contributed by atoms with van der Waals surface area (Å²) in [7, 11) is 0. The van der Waals surface area contributed by atoms with Gasteiger partial charge in [0.15, 0.2) is 0 Å². The number of ether oxygens (including phenoxy) is 1. The highest BCUT2D eigenvalue weighted by Crippen LogP contribution is 2.28. The zero-order chi connectivity index (χ0) is 21.1. The van der Waals surface area contributed by atoms with Gasteiger partial charge < -0.3 is 14.4 Å². The third-order valence-corrected chi connectivity index (χ3v) is 5.69. The second kappa shape index (κ2) is 8.90. The summed E-state index contributed by atoms with van der Waals surface area (Å²) in [5.41, 5.74) is 5.15. The maximum Gasteiger partial charge on any atom is 0.143 e. The van der Waals surface area contributed by atoms with Gasteiger partial charge in [-0.3, -0.25) is 0 Å². The molecule has 0 saturated heterocycles. The summed E-state index contributed by atoms with van der Waals surface area (Å²) in [4.78, 5) is 4.79. The number of rotatable bonds is 7. The van der Waals surface area contributed by atoms with Crippen LogP contribution in [0, 0.1) is 13.8 Å². The Morgan fingerprint density at radius 1 is 1.00 bits per heavy atom. The van der Waals surface area contributed by atoms with Crippen LogP contribution in [0.15, 0.2) is 66.7 Å². The lowest BCUT2D eigenvalue weighted by Gasteiger charge is -2.15. The number of imidazole rings is 1. The summed E-state index contributed by atoms with van der Waals surface area (Å²) < 4.78 is 7.95. The quantitative estimate of drug-likeness (QED) is 0.381. The van der Waals surface area contributed by atoms with Gasteiger partial charge in [0.2, 0.25) is 0 Å². The Kier molecular flexibility index (Phi) is 6.07. The predicted octanol–water partition coefficient (Wildman–Crippen LogP) is 5.86. The summed E-state index contributed by atoms with van der Waals surface area (Å²) in [5, 5.41) is 11.7. The topological polar surface area (TPSA) is 47.3 Å². The Morgan fingerprint density at radius 3 is 2.47 bits per heavy atom. The van der Waals surface area contributed by atoms with Crippen LogP contribution in [0.3, 0.4) is 0 Å². The summed E-state index contributed by atoms with van der Waals surface area (Å²) in [6.07, 6.45) is -0.0262. The smallest absolute Gasteiger partial charge is 0.143 e. The van der Waals surface area contributed by atoms with Gasteiger partial charge in [-0.25, -0.2) is 4.98 Å². The highest BCUT2D eigenvalue weighted by atomic mass is 35.5. The first-order valence-corrected chi connectivity index (χ1v) is 10.5. The molecular formula is C25H25ClN2O2. The van der Waals surface area contributed by atoms with Gasteiger partial charge in [-0.15, -0.1) is 0 Å². The fraction of sp³-hybridized carbons (Fsp3) is 0.240. The molecule has 1 atom stereocenters. The van der Waals surface area contributed by atoms with E-state index < -0.39 is 6.10 Å². The van der Waals surface area contributed by atoms with E-state index >= 15 is 0 Å². The number of aliphatic hydroxyl groups is 1. The molecule has 4 aromatic rings. The molecule has 1 heterocycles. The molecule has 0 aliphatic heterocycles. The maximum absolute atomic E-state index is 11.1. The van der Waals surface area contributed by atoms with Gasteiger partial charge in [-0.2, -0.15) is 0 Å². The van der Waals surface area contributed by atoms with E-state index in [1.165, 1.54) is 11.1 Å². The highest BCUT2D eigenvalue weighted by Gasteiger charge is 2.20. The predicted molar refractivity (Wildman–Crippen MR) is 121 cm³/mol. The average Bonchev–Trinajstić information content (AvgIpc) is 3.10. The summed E-state index contributed by atoms with van der Waals surface area (Å²) >= 11 is 6.17. The normalized spacial score (nSPS) is 12.3. The standard InChI is InChI=1S/C25H25ClN2O2/c1-17-15-21-22(16-18(17)2)28(13-8-14-30-23-12-7-6-11-20(23)26)25(27-21)24(29)19-9-4-3-5-10-19/h3-7,9-12,15-16,24,29H,8,13-14H2,1-2H3. The van der Waals surface area contributed by atoms with Crippen molar-refractivity contribution in [1.29, 1.82) is 0 Å². The van der Waals surface area contributed by atoms with E-state index in [0.29, 0.717) is 29.7 Å². The van der Waals surface area contributed by atoms with Crippen molar-refractivity contribution >= 4 is 22.6 Å². The molecule has 0 bridgehead atoms. The number of nitrogens with zero attached hydrogens (tertiary/aromatic N) is 2. The third-order valence-electron chi connectivity index (χ3n) is 5.37. The molecule has 1 unspecified atom stereocenters. The van der Waals surface area contributed by atoms with Crippen molar-refractivity contribution in [2.45, 2.75) is 32.9 Å². The minimum Gasteiger partial charge on any atom is -0.492 e. The molecule has 30 heavy (non-hydrogen) atoms. The van der Waals surface area contributed by atoms with Crippen LogP contribution in [0.1, 0.15) is 35.0 Å². The van der Waals surface area contributed by atoms with Crippen LogP contribution < -0.4 is 4.74 Å². The molecule has 0 fully saturated rings. The molecule has 0 spiro atoms. The van der Waals surface area contributed by atoms with E-state index in [1.54, 1.807) is 0 Å². The van der Waals surface area contributed by atoms with Gasteiger partial charge >= 0.3 is 0 Å². The third kappa shape index (κ3) is 4.20. The van der Waals surface area contributed by atoms with Crippen LogP contribution in [0.2, 0.25) is 5.02 Å². The summed E-state index contributed by atoms with van der Waals surface area (Å²) in [5.74, 6) is 1.34. The van der Waals surface area contributed by atoms with Gasteiger partial charge in [0.25, 0.3) is 0 Å². The zero-order valence-corrected chi connectivity index (χ0v) is 17.9. The van der Waals surface area contributed by atoms with Crippen LogP contribution in [0.4, 0.5) is 0 Å². The van der Waals surface area contributed by atoms with Crippen molar-refractivity contribution in [3.05, 3.63) is 94.3 Å². The lowest BCUT2D eigenvalue weighted by Crippen LogP contribution is -2.12. The van der Waals surface area contributed by atoms with Crippen LogP contribution in [0.5, 0.6) is 5.75 Å². The number of halogens is 1. The average molecular weight is 421 g/mol. The van der Waals surface area contributed by atoms with Crippen LogP contribution in [0.25, 0.3) is 11.0 Å². The Labute approximate surface area is 181 Å². The number of hydrogen-bond acceptors (Lipinski definition) is 3. The molecule has 1 aromatic heterocycles. The first-order valence-electron chi connectivity index (χ1n) is 10.1. The molecule has 1 N–H and O–H groups in total. The number of aromatic nitrogens is 2. The van der Waals surface area contributed by atoms with E-state index in [9.17, 15) is 5.11 Å². The van der Waals surface area contributed by atoms with E-state index in [0.717, 1.165) is 23.0 Å². The lowest BCUT2D eigenvalue weighted by molar-refractivity contribution is 0.203. The van der Waals surface area contributed by atoms with Crippen LogP contribution >= 0.6 is 11.6 Å². The van der Waals surface area contributed by atoms with Gasteiger partial charge in [0, 0.05) is 6.54 Å². The highest BCUT2D eigenvalue weighted by molar-refractivity contribution is 6.32. The number of aliphatic hydroxyl groups excluding tert-OH is 1. The Balaban J connectivity index is 1.61. The van der Waals surface area contributed by atoms with Crippen LogP contribution in [-0.2, 0) is 6.54 Å². The number of para-hydroxylation sites is 1. The lowest BCUT2D eigenvalue weighted by atomic mass is 10.1. The van der Waals surface area contributed by atoms with Crippen molar-refractivity contribution in [3.63, 3.8) is 0 Å². The Hall–Kier alpha value is -2.82. The first-order chi connectivity index (χ1) is 14.5. The van der Waals surface area contributed by atoms with Gasteiger partial charge in [0.1, 0.15) is 17.7 Å². The van der Waals surface area contributed by atoms with E-state index in [2.05, 4.69) is 30.5 Å². The molecule has 0 amide bonds. The monoisotopic (exact) mass is 420 g/mol. The number of hydrogen-bond donors (Lipinski definition) is 1. The van der Waals surface area contributed by atoms with Gasteiger partial charge in [-0.05, 0) is 61.2 Å². The minimum absolute atomic E-state index is 0.523. The number of fused-ring (bicyclic) bond motifs is 1. The van der Waals surface area contributed by atoms with Crippen molar-refractivity contribution in [3.8, 4) is 5.75 Å². The second-order valence-electron chi connectivity index (χ2n) is 7.49. The Morgan fingerprint density at radius 2 is 1.70 bits per heavy atom. The minimum atomic E-state index is -0.788. The van der Waals surface area contributed by atoms with E-state index in [4.69, 9.17) is 21.3 Å². The Bertz CT molecular complexity index is 1150. The molecule has 0 radical (unpaired) electrons. The molecule has 3 aromatic carbocycles. The van der Waals surface area contributed by atoms with Crippen molar-refractivity contribution in [1.82, 2.24) is 9.55 Å². The first kappa shape index (κ1) is 20.5. The maximum atomic E-state index is 11.1. The summed E-state index contributed by atoms with van der Waals surface area (Å²) in [6.45, 7) is 5.39. The van der Waals surface area contributed by atoms with E-state index in [1.807, 2.05) is 54.6 Å². The molecule has 0 aliphatic carbocycles. The van der Waals surface area contributed by atoms with Crippen LogP contribution in [-0.4, -0.2) is 21.3 Å². The largest absolute Gasteiger partial charge is 0.492 e. The summed E-state index contributed by atoms with van der Waals surface area (Å²) in [6, 6.07) is 21.4. The van der Waals surface area contributed by atoms with E-state index in [-0.39, 0.29) is 0 Å². The molecule has 0 aliphatic rings. The zero-order valence-electron chi connectivity index (χ0n) is 17.2. The fourth-order valence-corrected chi connectivity index (χ4v) is 3.78. The van der Waals surface area contributed by atoms with Crippen molar-refractivity contribution in [2.75, 3.05) is 6.61 Å². The van der Waals surface area contributed by atoms with Crippen molar-refractivity contribution < 1.29 is 9.84 Å². The SMILES string of the molecule is Cc1cc2nc(C(O)c3ccccc3)n(CCCOc3ccccc3Cl)c2cc1C. The van der Waals surface area contributed by atoms with Gasteiger partial charge in [0.05, 0.1) is 22.7 Å². The fourth-order valence-electron chi connectivity index (χ4n) is 3.59. The molecule has 5 heteroatoms. The molecule has 154 valence electrons. The molecular weight excluding hydrogens is 396 g/mol. The molecule has 4 nitrogen and oxygen atoms in total. The number of benzene rings is 3. The molecule has 0 saturated carbocycles. The second-order valence-corrected chi connectivity index (χ2v) is 7.90.